The number of hydrogen-bond acceptors (Lipinski definition) is 2. The van der Waals surface area contributed by atoms with Crippen molar-refractivity contribution in [2.45, 2.75) is 25.8 Å². The summed E-state index contributed by atoms with van der Waals surface area (Å²) >= 11 is 0. The Labute approximate surface area is 132 Å². The second kappa shape index (κ2) is 6.32. The zero-order valence-electron chi connectivity index (χ0n) is 13.2. The highest BCUT2D eigenvalue weighted by atomic mass is 16.2. The molecule has 1 N–H and O–H groups in total. The summed E-state index contributed by atoms with van der Waals surface area (Å²) in [6, 6.07) is 16.8. The molecule has 0 saturated heterocycles. The summed E-state index contributed by atoms with van der Waals surface area (Å²) in [6.07, 6.45) is 2.19. The third kappa shape index (κ3) is 3.20. The van der Waals surface area contributed by atoms with E-state index in [-0.39, 0.29) is 5.91 Å². The van der Waals surface area contributed by atoms with E-state index in [4.69, 9.17) is 0 Å². The maximum atomic E-state index is 12.2. The van der Waals surface area contributed by atoms with Gasteiger partial charge < -0.3 is 5.32 Å². The minimum atomic E-state index is 0.0377. The molecule has 0 fully saturated rings. The topological polar surface area (TPSA) is 32.3 Å². The first-order valence-corrected chi connectivity index (χ1v) is 7.78. The summed E-state index contributed by atoms with van der Waals surface area (Å²) in [7, 11) is 2.03. The van der Waals surface area contributed by atoms with Gasteiger partial charge >= 0.3 is 0 Å². The van der Waals surface area contributed by atoms with Gasteiger partial charge in [0.05, 0.1) is 6.54 Å². The van der Waals surface area contributed by atoms with E-state index >= 15 is 0 Å². The maximum Gasteiger partial charge on any atom is 0.238 e. The number of benzene rings is 2. The van der Waals surface area contributed by atoms with E-state index in [1.807, 2.05) is 38.2 Å². The first-order chi connectivity index (χ1) is 10.6. The molecule has 0 spiro atoms. The van der Waals surface area contributed by atoms with Gasteiger partial charge in [0.2, 0.25) is 5.91 Å². The van der Waals surface area contributed by atoms with Gasteiger partial charge in [-0.2, -0.15) is 0 Å². The minimum absolute atomic E-state index is 0.0377. The molecule has 0 saturated carbocycles. The van der Waals surface area contributed by atoms with Gasteiger partial charge in [0.1, 0.15) is 0 Å². The molecule has 0 unspecified atom stereocenters. The van der Waals surface area contributed by atoms with Gasteiger partial charge in [-0.15, -0.1) is 0 Å². The average Bonchev–Trinajstić information content (AvgIpc) is 2.93. The lowest BCUT2D eigenvalue weighted by Crippen LogP contribution is -2.32. The predicted octanol–water partition coefficient (Wildman–Crippen LogP) is 3.55. The summed E-state index contributed by atoms with van der Waals surface area (Å²) in [5, 5.41) is 2.97. The molecular formula is C19H22N2O. The minimum Gasteiger partial charge on any atom is -0.325 e. The number of carbonyl (C=O) groups is 1. The molecule has 0 heterocycles. The molecule has 0 bridgehead atoms. The molecule has 1 atom stereocenters. The Morgan fingerprint density at radius 2 is 1.91 bits per heavy atom. The lowest BCUT2D eigenvalue weighted by molar-refractivity contribution is -0.117. The van der Waals surface area contributed by atoms with Gasteiger partial charge in [0.15, 0.2) is 0 Å². The molecule has 3 nitrogen and oxygen atoms in total. The van der Waals surface area contributed by atoms with Gasteiger partial charge in [-0.25, -0.2) is 0 Å². The van der Waals surface area contributed by atoms with E-state index in [2.05, 4.69) is 34.5 Å². The van der Waals surface area contributed by atoms with E-state index in [1.54, 1.807) is 0 Å². The highest BCUT2D eigenvalue weighted by Gasteiger charge is 2.26. The van der Waals surface area contributed by atoms with Crippen molar-refractivity contribution in [3.05, 3.63) is 65.2 Å². The number of anilines is 1. The molecule has 22 heavy (non-hydrogen) atoms. The standard InChI is InChI=1S/C19H22N2O/c1-14-7-10-16(11-8-14)20-19(22)13-21(2)18-12-9-15-5-3-4-6-17(15)18/h3-8,10-11,18H,9,12-13H2,1-2H3,(H,20,22)/t18-/m0/s1. The van der Waals surface area contributed by atoms with E-state index in [9.17, 15) is 4.79 Å². The summed E-state index contributed by atoms with van der Waals surface area (Å²) in [6.45, 7) is 2.45. The third-order valence-corrected chi connectivity index (χ3v) is 4.36. The Morgan fingerprint density at radius 1 is 1.18 bits per heavy atom. The van der Waals surface area contributed by atoms with Crippen LogP contribution in [0.25, 0.3) is 0 Å². The molecule has 2 aromatic rings. The summed E-state index contributed by atoms with van der Waals surface area (Å²) in [5.41, 5.74) is 4.83. The van der Waals surface area contributed by atoms with E-state index < -0.39 is 0 Å². The number of aryl methyl sites for hydroxylation is 2. The van der Waals surface area contributed by atoms with Crippen LogP contribution < -0.4 is 5.32 Å². The molecule has 3 rings (SSSR count). The fourth-order valence-electron chi connectivity index (χ4n) is 3.17. The SMILES string of the molecule is Cc1ccc(NC(=O)CN(C)[C@H]2CCc3ccccc32)cc1. The molecular weight excluding hydrogens is 272 g/mol. The summed E-state index contributed by atoms with van der Waals surface area (Å²) in [5.74, 6) is 0.0377. The number of amides is 1. The second-order valence-electron chi connectivity index (χ2n) is 6.08. The Hall–Kier alpha value is -2.13. The summed E-state index contributed by atoms with van der Waals surface area (Å²) < 4.78 is 0. The lowest BCUT2D eigenvalue weighted by atomic mass is 10.1. The average molecular weight is 294 g/mol. The second-order valence-corrected chi connectivity index (χ2v) is 6.08. The van der Waals surface area contributed by atoms with Crippen LogP contribution in [0.4, 0.5) is 5.69 Å². The van der Waals surface area contributed by atoms with Crippen molar-refractivity contribution in [2.75, 3.05) is 18.9 Å². The first-order valence-electron chi connectivity index (χ1n) is 7.78. The number of fused-ring (bicyclic) bond motifs is 1. The first kappa shape index (κ1) is 14.8. The molecule has 3 heteroatoms. The maximum absolute atomic E-state index is 12.2. The van der Waals surface area contributed by atoms with Crippen LogP contribution in [-0.2, 0) is 11.2 Å². The predicted molar refractivity (Wildman–Crippen MR) is 89.9 cm³/mol. The van der Waals surface area contributed by atoms with Gasteiger partial charge in [-0.3, -0.25) is 9.69 Å². The molecule has 1 aliphatic rings. The fourth-order valence-corrected chi connectivity index (χ4v) is 3.17. The van der Waals surface area contributed by atoms with Crippen molar-refractivity contribution in [1.29, 1.82) is 0 Å². The van der Waals surface area contributed by atoms with Crippen LogP contribution >= 0.6 is 0 Å². The molecule has 0 aliphatic heterocycles. The van der Waals surface area contributed by atoms with Crippen molar-refractivity contribution in [2.24, 2.45) is 0 Å². The van der Waals surface area contributed by atoms with Gasteiger partial charge in [-0.05, 0) is 50.1 Å². The molecule has 0 radical (unpaired) electrons. The van der Waals surface area contributed by atoms with Crippen molar-refractivity contribution >= 4 is 11.6 Å². The number of nitrogens with zero attached hydrogens (tertiary/aromatic N) is 1. The van der Waals surface area contributed by atoms with Crippen molar-refractivity contribution in [1.82, 2.24) is 4.90 Å². The summed E-state index contributed by atoms with van der Waals surface area (Å²) in [4.78, 5) is 14.4. The van der Waals surface area contributed by atoms with Crippen LogP contribution in [-0.4, -0.2) is 24.4 Å². The van der Waals surface area contributed by atoms with Crippen molar-refractivity contribution in [3.8, 4) is 0 Å². The number of nitrogens with one attached hydrogen (secondary N) is 1. The van der Waals surface area contributed by atoms with E-state index in [0.717, 1.165) is 18.5 Å². The lowest BCUT2D eigenvalue weighted by Gasteiger charge is -2.24. The van der Waals surface area contributed by atoms with Crippen LogP contribution in [0.3, 0.4) is 0 Å². The van der Waals surface area contributed by atoms with Crippen LogP contribution in [0, 0.1) is 6.92 Å². The number of carbonyl (C=O) groups excluding carboxylic acids is 1. The van der Waals surface area contributed by atoms with Crippen LogP contribution in [0.5, 0.6) is 0 Å². The van der Waals surface area contributed by atoms with Gasteiger partial charge in [0, 0.05) is 11.7 Å². The Balaban J connectivity index is 1.61. The van der Waals surface area contributed by atoms with E-state index in [0.29, 0.717) is 12.6 Å². The number of rotatable bonds is 4. The zero-order chi connectivity index (χ0) is 15.5. The largest absolute Gasteiger partial charge is 0.325 e. The molecule has 2 aromatic carbocycles. The quantitative estimate of drug-likeness (QED) is 0.935. The highest BCUT2D eigenvalue weighted by Crippen LogP contribution is 2.34. The van der Waals surface area contributed by atoms with Gasteiger partial charge in [-0.1, -0.05) is 42.0 Å². The number of likely N-dealkylation sites (N-methyl/N-ethyl adjacent to an activating group) is 1. The molecule has 1 aliphatic carbocycles. The van der Waals surface area contributed by atoms with Crippen molar-refractivity contribution in [3.63, 3.8) is 0 Å². The molecule has 1 amide bonds. The number of hydrogen-bond donors (Lipinski definition) is 1. The smallest absolute Gasteiger partial charge is 0.238 e. The Kier molecular flexibility index (Phi) is 4.25. The van der Waals surface area contributed by atoms with Gasteiger partial charge in [0.25, 0.3) is 0 Å². The normalized spacial score (nSPS) is 16.6. The third-order valence-electron chi connectivity index (χ3n) is 4.36. The van der Waals surface area contributed by atoms with E-state index in [1.165, 1.54) is 16.7 Å². The monoisotopic (exact) mass is 294 g/mol. The Bertz CT molecular complexity index is 663. The van der Waals surface area contributed by atoms with Crippen LogP contribution in [0.1, 0.15) is 29.2 Å². The highest BCUT2D eigenvalue weighted by molar-refractivity contribution is 5.92. The van der Waals surface area contributed by atoms with Crippen molar-refractivity contribution < 1.29 is 4.79 Å². The molecule has 114 valence electrons. The fraction of sp³-hybridized carbons (Fsp3) is 0.316. The van der Waals surface area contributed by atoms with Crippen LogP contribution in [0.15, 0.2) is 48.5 Å². The zero-order valence-corrected chi connectivity index (χ0v) is 13.2. The molecule has 0 aromatic heterocycles. The van der Waals surface area contributed by atoms with Crippen LogP contribution in [0.2, 0.25) is 0 Å². The Morgan fingerprint density at radius 3 is 2.68 bits per heavy atom.